The normalized spacial score (nSPS) is 13.6. The number of anilines is 1. The number of rotatable bonds is 4. The zero-order valence-electron chi connectivity index (χ0n) is 15.7. The number of carbonyl (C=O) groups excluding carboxylic acids is 1. The lowest BCUT2D eigenvalue weighted by molar-refractivity contribution is 0.102. The summed E-state index contributed by atoms with van der Waals surface area (Å²) in [6.45, 7) is 1.89. The number of aryl methyl sites for hydroxylation is 1. The fourth-order valence-electron chi connectivity index (χ4n) is 3.64. The Balaban J connectivity index is 1.60. The van der Waals surface area contributed by atoms with Crippen molar-refractivity contribution in [1.82, 2.24) is 14.3 Å². The molecule has 0 aliphatic heterocycles. The summed E-state index contributed by atoms with van der Waals surface area (Å²) < 4.78 is 4.66. The lowest BCUT2D eigenvalue weighted by atomic mass is 9.98. The minimum Gasteiger partial charge on any atom is -0.329 e. The lowest BCUT2D eigenvalue weighted by Crippen LogP contribution is -2.12. The molecule has 3 aromatic heterocycles. The van der Waals surface area contributed by atoms with E-state index < -0.39 is 0 Å². The van der Waals surface area contributed by atoms with Crippen molar-refractivity contribution in [3.63, 3.8) is 0 Å². The Kier molecular flexibility index (Phi) is 4.24. The lowest BCUT2D eigenvalue weighted by Gasteiger charge is -2.08. The van der Waals surface area contributed by atoms with Crippen molar-refractivity contribution in [3.05, 3.63) is 75.3 Å². The third-order valence-corrected chi connectivity index (χ3v) is 6.01. The Morgan fingerprint density at radius 2 is 2.07 bits per heavy atom. The van der Waals surface area contributed by atoms with Gasteiger partial charge in [0.2, 0.25) is 0 Å². The maximum absolute atomic E-state index is 13.0. The first-order valence-corrected chi connectivity index (χ1v) is 10.2. The van der Waals surface area contributed by atoms with Crippen molar-refractivity contribution in [2.45, 2.75) is 25.7 Å². The van der Waals surface area contributed by atoms with Crippen LogP contribution in [0.25, 0.3) is 22.0 Å². The van der Waals surface area contributed by atoms with E-state index in [0.29, 0.717) is 16.2 Å². The van der Waals surface area contributed by atoms with Crippen molar-refractivity contribution >= 4 is 33.9 Å². The van der Waals surface area contributed by atoms with Crippen molar-refractivity contribution in [2.75, 3.05) is 5.32 Å². The summed E-state index contributed by atoms with van der Waals surface area (Å²) in [6, 6.07) is 11.1. The number of hydrogen-bond donors (Lipinski definition) is 2. The summed E-state index contributed by atoms with van der Waals surface area (Å²) in [6.07, 6.45) is 5.42. The number of benzene rings is 1. The molecule has 0 atom stereocenters. The predicted molar refractivity (Wildman–Crippen MR) is 115 cm³/mol. The standard InChI is InChI=1S/C22H18N4O2S/c1-12-11-14(7-9-23-12)25-22(28)20-18(13-5-6-13)19(26-29-20)16-3-2-4-17-15(16)8-10-24-21(17)27/h2-4,7-11,13H,5-6H2,1H3,(H,24,27)(H,23,25,28). The Morgan fingerprint density at radius 1 is 1.21 bits per heavy atom. The van der Waals surface area contributed by atoms with E-state index in [1.54, 1.807) is 24.5 Å². The van der Waals surface area contributed by atoms with Crippen molar-refractivity contribution in [1.29, 1.82) is 0 Å². The van der Waals surface area contributed by atoms with Gasteiger partial charge in [-0.05, 0) is 66.9 Å². The van der Waals surface area contributed by atoms with Crippen LogP contribution in [0.15, 0.2) is 53.6 Å². The molecule has 0 radical (unpaired) electrons. The van der Waals surface area contributed by atoms with Crippen LogP contribution < -0.4 is 10.9 Å². The molecular weight excluding hydrogens is 384 g/mol. The number of aromatic amines is 1. The zero-order valence-corrected chi connectivity index (χ0v) is 16.5. The Hall–Kier alpha value is -3.32. The van der Waals surface area contributed by atoms with Gasteiger partial charge >= 0.3 is 0 Å². The Morgan fingerprint density at radius 3 is 2.86 bits per heavy atom. The number of aromatic nitrogens is 3. The van der Waals surface area contributed by atoms with Crippen LogP contribution in [0.2, 0.25) is 0 Å². The van der Waals surface area contributed by atoms with Gasteiger partial charge in [-0.3, -0.25) is 14.6 Å². The summed E-state index contributed by atoms with van der Waals surface area (Å²) in [7, 11) is 0. The van der Waals surface area contributed by atoms with Crippen molar-refractivity contribution < 1.29 is 4.79 Å². The highest BCUT2D eigenvalue weighted by Gasteiger charge is 2.34. The molecule has 4 aromatic rings. The van der Waals surface area contributed by atoms with E-state index in [9.17, 15) is 9.59 Å². The SMILES string of the molecule is Cc1cc(NC(=O)c2snc(-c3cccc4c(=O)[nH]ccc34)c2C2CC2)ccn1. The molecule has 144 valence electrons. The summed E-state index contributed by atoms with van der Waals surface area (Å²) >= 11 is 1.22. The molecule has 7 heteroatoms. The molecule has 1 aliphatic carbocycles. The molecule has 1 fully saturated rings. The fourth-order valence-corrected chi connectivity index (χ4v) is 4.52. The molecule has 0 saturated heterocycles. The van der Waals surface area contributed by atoms with Gasteiger partial charge in [-0.15, -0.1) is 0 Å². The number of amides is 1. The van der Waals surface area contributed by atoms with Crippen LogP contribution in [-0.4, -0.2) is 20.2 Å². The molecule has 2 N–H and O–H groups in total. The van der Waals surface area contributed by atoms with E-state index in [1.807, 2.05) is 31.2 Å². The van der Waals surface area contributed by atoms with E-state index in [-0.39, 0.29) is 11.5 Å². The average Bonchev–Trinajstić information content (AvgIpc) is 3.46. The van der Waals surface area contributed by atoms with Gasteiger partial charge in [0, 0.05) is 40.3 Å². The maximum atomic E-state index is 13.0. The quantitative estimate of drug-likeness (QED) is 0.527. The molecule has 1 aliphatic rings. The molecule has 0 unspecified atom stereocenters. The second-order valence-electron chi connectivity index (χ2n) is 7.26. The smallest absolute Gasteiger partial charge is 0.267 e. The van der Waals surface area contributed by atoms with Gasteiger partial charge in [0.1, 0.15) is 4.88 Å². The number of fused-ring (bicyclic) bond motifs is 1. The number of hydrogen-bond acceptors (Lipinski definition) is 5. The van der Waals surface area contributed by atoms with Crippen LogP contribution in [-0.2, 0) is 0 Å². The average molecular weight is 402 g/mol. The maximum Gasteiger partial charge on any atom is 0.267 e. The monoisotopic (exact) mass is 402 g/mol. The number of carbonyl (C=O) groups is 1. The van der Waals surface area contributed by atoms with Crippen LogP contribution in [0.5, 0.6) is 0 Å². The highest BCUT2D eigenvalue weighted by atomic mass is 32.1. The highest BCUT2D eigenvalue weighted by molar-refractivity contribution is 7.08. The van der Waals surface area contributed by atoms with Gasteiger partial charge in [0.25, 0.3) is 11.5 Å². The largest absolute Gasteiger partial charge is 0.329 e. The first-order valence-electron chi connectivity index (χ1n) is 9.46. The van der Waals surface area contributed by atoms with E-state index in [2.05, 4.69) is 19.7 Å². The summed E-state index contributed by atoms with van der Waals surface area (Å²) in [5.74, 6) is 0.181. The highest BCUT2D eigenvalue weighted by Crippen LogP contribution is 2.48. The van der Waals surface area contributed by atoms with Crippen molar-refractivity contribution in [2.24, 2.45) is 0 Å². The van der Waals surface area contributed by atoms with Crippen LogP contribution in [0.1, 0.15) is 39.7 Å². The number of H-pyrrole nitrogens is 1. The summed E-state index contributed by atoms with van der Waals surface area (Å²) in [4.78, 5) is 32.7. The van der Waals surface area contributed by atoms with E-state index in [4.69, 9.17) is 0 Å². The van der Waals surface area contributed by atoms with E-state index in [0.717, 1.165) is 46.4 Å². The summed E-state index contributed by atoms with van der Waals surface area (Å²) in [5, 5.41) is 4.44. The molecule has 3 heterocycles. The van der Waals surface area contributed by atoms with Crippen molar-refractivity contribution in [3.8, 4) is 11.3 Å². The van der Waals surface area contributed by atoms with E-state index >= 15 is 0 Å². The van der Waals surface area contributed by atoms with Crippen LogP contribution >= 0.6 is 11.5 Å². The molecule has 5 rings (SSSR count). The third-order valence-electron chi connectivity index (χ3n) is 5.14. The molecule has 1 aromatic carbocycles. The zero-order chi connectivity index (χ0) is 20.0. The van der Waals surface area contributed by atoms with Gasteiger partial charge in [-0.25, -0.2) is 0 Å². The molecule has 0 spiro atoms. The number of nitrogens with zero attached hydrogens (tertiary/aromatic N) is 2. The summed E-state index contributed by atoms with van der Waals surface area (Å²) in [5.41, 5.74) is 4.13. The van der Waals surface area contributed by atoms with Crippen LogP contribution in [0.3, 0.4) is 0 Å². The van der Waals surface area contributed by atoms with Gasteiger partial charge in [0.15, 0.2) is 0 Å². The van der Waals surface area contributed by atoms with Gasteiger partial charge in [0.05, 0.1) is 5.69 Å². The second-order valence-corrected chi connectivity index (χ2v) is 8.04. The molecule has 1 saturated carbocycles. The molecular formula is C22H18N4O2S. The van der Waals surface area contributed by atoms with Gasteiger partial charge in [-0.2, -0.15) is 4.37 Å². The van der Waals surface area contributed by atoms with Crippen LogP contribution in [0.4, 0.5) is 5.69 Å². The van der Waals surface area contributed by atoms with E-state index in [1.165, 1.54) is 11.5 Å². The van der Waals surface area contributed by atoms with Gasteiger partial charge in [-0.1, -0.05) is 12.1 Å². The molecule has 0 bridgehead atoms. The van der Waals surface area contributed by atoms with Crippen LogP contribution in [0, 0.1) is 6.92 Å². The Bertz CT molecular complexity index is 1300. The molecule has 29 heavy (non-hydrogen) atoms. The number of pyridine rings is 2. The third kappa shape index (κ3) is 3.23. The van der Waals surface area contributed by atoms with Gasteiger partial charge < -0.3 is 10.3 Å². The fraction of sp³-hybridized carbons (Fsp3) is 0.182. The molecule has 1 amide bonds. The minimum atomic E-state index is -0.153. The predicted octanol–water partition coefficient (Wildman–Crippen LogP) is 4.48. The first-order chi connectivity index (χ1) is 14.1. The second kappa shape index (κ2) is 6.93. The topological polar surface area (TPSA) is 87.7 Å². The Labute approximate surface area is 170 Å². The first kappa shape index (κ1) is 17.8. The molecule has 6 nitrogen and oxygen atoms in total. The number of nitrogens with one attached hydrogen (secondary N) is 2. The minimum absolute atomic E-state index is 0.126.